The Morgan fingerprint density at radius 2 is 0.543 bits per heavy atom. The van der Waals surface area contributed by atoms with Gasteiger partial charge in [-0.25, -0.2) is 19.9 Å². The molecule has 4 amide bonds. The van der Waals surface area contributed by atoms with Gasteiger partial charge in [0, 0.05) is 166 Å². The van der Waals surface area contributed by atoms with Gasteiger partial charge in [-0.1, -0.05) is 168 Å². The summed E-state index contributed by atoms with van der Waals surface area (Å²) in [6, 6.07) is 60.5. The molecule has 14 rings (SSSR count). The molecule has 0 aliphatic carbocycles. The number of hydrogen-bond acceptors (Lipinski definition) is 20. The molecule has 4 aromatic heterocycles. The van der Waals surface area contributed by atoms with E-state index in [4.69, 9.17) is 92.7 Å². The SMILES string of the molecule is COc1cccc(C(=O)Nc2ccc(Cl)cn2)c1CC(=O)c1ccc(C(=N)N)cc1.COc1cccc(C(=O)Nc2ccc(Cl)cn2)c1CC(=O)c1ccc(C(=N)N2CCCC2)cc1.COc1cccc(C(=O)Nc2ccc(Cl)cn2)c1CC(=O)c1ccc(C(=N)N2CCCCC2)cc1.COc1cccc(C(=O)Nc2ccc(Cl)cn2)c1CC(=O)c1ccc(C(C)=N)cc1. The van der Waals surface area contributed by atoms with Crippen LogP contribution in [0, 0.1) is 21.6 Å². The van der Waals surface area contributed by atoms with Crippen molar-refractivity contribution in [2.75, 3.05) is 75.9 Å². The monoisotopic (exact) mass is 1810 g/mol. The van der Waals surface area contributed by atoms with Crippen LogP contribution in [-0.4, -0.2) is 154 Å². The van der Waals surface area contributed by atoms with E-state index in [1.807, 2.05) is 17.0 Å². The second-order valence-corrected chi connectivity index (χ2v) is 31.1. The lowest BCUT2D eigenvalue weighted by Crippen LogP contribution is -2.35. The second kappa shape index (κ2) is 46.0. The Morgan fingerprint density at radius 1 is 0.318 bits per heavy atom. The third-order valence-corrected chi connectivity index (χ3v) is 21.7. The van der Waals surface area contributed by atoms with Crippen LogP contribution in [0.5, 0.6) is 23.0 Å². The molecular weight excluding hydrogens is 1720 g/mol. The van der Waals surface area contributed by atoms with Gasteiger partial charge in [-0.2, -0.15) is 0 Å². The fraction of sp³-hybridized carbons (Fsp3) is 0.184. The number of ether oxygens (including phenoxy) is 4. The molecule has 2 fully saturated rings. The average Bonchev–Trinajstić information content (AvgIpc) is 1.44. The molecule has 27 nitrogen and oxygen atoms in total. The van der Waals surface area contributed by atoms with Gasteiger partial charge >= 0.3 is 0 Å². The Morgan fingerprint density at radius 3 is 0.760 bits per heavy atom. The van der Waals surface area contributed by atoms with Gasteiger partial charge in [0.2, 0.25) is 0 Å². The van der Waals surface area contributed by atoms with E-state index in [2.05, 4.69) is 46.1 Å². The van der Waals surface area contributed by atoms with Crippen molar-refractivity contribution >= 4 is 140 Å². The molecule has 8 aromatic carbocycles. The molecule has 2 aliphatic rings. The van der Waals surface area contributed by atoms with Crippen LogP contribution in [0.25, 0.3) is 0 Å². The van der Waals surface area contributed by atoms with Crippen molar-refractivity contribution in [3.05, 3.63) is 352 Å². The van der Waals surface area contributed by atoms with Crippen molar-refractivity contribution in [1.82, 2.24) is 29.7 Å². The Hall–Kier alpha value is -14.6. The number of ketones is 4. The minimum absolute atomic E-state index is 0.0102. The highest BCUT2D eigenvalue weighted by Crippen LogP contribution is 2.32. The van der Waals surface area contributed by atoms with Crippen LogP contribution in [0.15, 0.2) is 243 Å². The zero-order chi connectivity index (χ0) is 92.2. The van der Waals surface area contributed by atoms with Gasteiger partial charge in [0.1, 0.15) is 63.8 Å². The number of Topliss-reactive ketones (excluding diaryl/α,β-unsaturated/α-hetero) is 4. The first-order chi connectivity index (χ1) is 62.2. The van der Waals surface area contributed by atoms with E-state index in [1.54, 1.807) is 213 Å². The lowest BCUT2D eigenvalue weighted by atomic mass is 9.96. The molecule has 0 radical (unpaired) electrons. The van der Waals surface area contributed by atoms with Crippen LogP contribution in [-0.2, 0) is 25.7 Å². The van der Waals surface area contributed by atoms with E-state index >= 15 is 0 Å². The Labute approximate surface area is 765 Å². The third-order valence-electron chi connectivity index (χ3n) is 20.8. The Kier molecular flexibility index (Phi) is 33.9. The molecule has 129 heavy (non-hydrogen) atoms. The number of methoxy groups -OCH3 is 4. The van der Waals surface area contributed by atoms with Gasteiger partial charge in [0.05, 0.1) is 48.5 Å². The largest absolute Gasteiger partial charge is 0.496 e. The van der Waals surface area contributed by atoms with Gasteiger partial charge in [-0.15, -0.1) is 0 Å². The molecule has 0 unspecified atom stereocenters. The Balaban J connectivity index is 0.000000167. The summed E-state index contributed by atoms with van der Waals surface area (Å²) in [6.45, 7) is 5.26. The molecule has 0 atom stereocenters. The molecular formula is C98H91Cl4N15O12. The average molecular weight is 1810 g/mol. The van der Waals surface area contributed by atoms with E-state index < -0.39 is 23.6 Å². The third kappa shape index (κ3) is 26.0. The molecule has 12 aromatic rings. The van der Waals surface area contributed by atoms with E-state index in [0.717, 1.165) is 68.6 Å². The summed E-state index contributed by atoms with van der Waals surface area (Å²) in [5, 5.41) is 44.7. The van der Waals surface area contributed by atoms with Crippen LogP contribution >= 0.6 is 46.4 Å². The van der Waals surface area contributed by atoms with Crippen LogP contribution in [0.2, 0.25) is 20.1 Å². The number of halogens is 4. The van der Waals surface area contributed by atoms with Crippen molar-refractivity contribution in [1.29, 1.82) is 21.6 Å². The highest BCUT2D eigenvalue weighted by Gasteiger charge is 2.27. The van der Waals surface area contributed by atoms with Crippen molar-refractivity contribution in [3.8, 4) is 23.0 Å². The maximum atomic E-state index is 13.2. The number of nitrogens with one attached hydrogen (secondary N) is 8. The summed E-state index contributed by atoms with van der Waals surface area (Å²) in [5.41, 5.74) is 13.9. The first kappa shape index (κ1) is 95.0. The first-order valence-corrected chi connectivity index (χ1v) is 42.2. The maximum Gasteiger partial charge on any atom is 0.257 e. The second-order valence-electron chi connectivity index (χ2n) is 29.4. The lowest BCUT2D eigenvalue weighted by Gasteiger charge is -2.29. The van der Waals surface area contributed by atoms with Crippen molar-refractivity contribution in [3.63, 3.8) is 0 Å². The van der Waals surface area contributed by atoms with Crippen molar-refractivity contribution in [2.45, 2.75) is 64.7 Å². The first-order valence-electron chi connectivity index (χ1n) is 40.7. The summed E-state index contributed by atoms with van der Waals surface area (Å²) < 4.78 is 21.7. The van der Waals surface area contributed by atoms with Gasteiger partial charge in [-0.3, -0.25) is 54.6 Å². The number of nitrogens with two attached hydrogens (primary N) is 1. The topological polar surface area (TPSA) is 401 Å². The summed E-state index contributed by atoms with van der Waals surface area (Å²) >= 11 is 23.4. The summed E-state index contributed by atoms with van der Waals surface area (Å²) in [5.74, 6) is 1.81. The summed E-state index contributed by atoms with van der Waals surface area (Å²) in [4.78, 5) is 124. The predicted octanol–water partition coefficient (Wildman–Crippen LogP) is 18.6. The van der Waals surface area contributed by atoms with Crippen molar-refractivity contribution < 1.29 is 57.3 Å². The van der Waals surface area contributed by atoms with Crippen LogP contribution in [0.1, 0.15) is 166 Å². The van der Waals surface area contributed by atoms with Crippen LogP contribution in [0.4, 0.5) is 23.3 Å². The molecule has 658 valence electrons. The smallest absolute Gasteiger partial charge is 0.257 e. The number of aromatic nitrogens is 4. The molecule has 0 bridgehead atoms. The number of benzene rings is 8. The number of likely N-dealkylation sites (tertiary alicyclic amines) is 2. The number of pyridine rings is 4. The number of nitrogens with zero attached hydrogens (tertiary/aromatic N) is 6. The number of piperidine rings is 1. The maximum absolute atomic E-state index is 13.2. The van der Waals surface area contributed by atoms with Crippen LogP contribution in [0.3, 0.4) is 0 Å². The van der Waals surface area contributed by atoms with E-state index in [-0.39, 0.29) is 54.7 Å². The lowest BCUT2D eigenvalue weighted by molar-refractivity contribution is 0.0979. The van der Waals surface area contributed by atoms with E-state index in [9.17, 15) is 38.4 Å². The van der Waals surface area contributed by atoms with Crippen LogP contribution < -0.4 is 45.9 Å². The molecule has 2 aliphatic heterocycles. The molecule has 0 spiro atoms. The minimum Gasteiger partial charge on any atom is -0.496 e. The van der Waals surface area contributed by atoms with E-state index in [1.165, 1.54) is 59.6 Å². The number of rotatable bonds is 28. The van der Waals surface area contributed by atoms with Gasteiger partial charge in [-0.05, 0) is 142 Å². The van der Waals surface area contributed by atoms with Gasteiger partial charge < -0.3 is 61.2 Å². The molecule has 6 heterocycles. The van der Waals surface area contributed by atoms with E-state index in [0.29, 0.717) is 156 Å². The predicted molar refractivity (Wildman–Crippen MR) is 502 cm³/mol. The highest BCUT2D eigenvalue weighted by molar-refractivity contribution is 6.31. The Bertz CT molecular complexity index is 5920. The number of nitrogen functional groups attached to an aromatic ring is 1. The van der Waals surface area contributed by atoms with Crippen molar-refractivity contribution in [2.24, 2.45) is 5.73 Å². The number of hydrogen-bond donors (Lipinski definition) is 9. The minimum atomic E-state index is -0.418. The highest BCUT2D eigenvalue weighted by atomic mass is 35.5. The number of amides is 4. The number of amidine groups is 3. The number of carbonyl (C=O) groups is 8. The molecule has 31 heteroatoms. The summed E-state index contributed by atoms with van der Waals surface area (Å²) in [7, 11) is 5.98. The number of carbonyl (C=O) groups excluding carboxylic acids is 8. The van der Waals surface area contributed by atoms with Gasteiger partial charge in [0.25, 0.3) is 23.6 Å². The fourth-order valence-corrected chi connectivity index (χ4v) is 14.4. The van der Waals surface area contributed by atoms with Gasteiger partial charge in [0.15, 0.2) is 23.1 Å². The fourth-order valence-electron chi connectivity index (χ4n) is 14.0. The summed E-state index contributed by atoms with van der Waals surface area (Å²) in [6.07, 6.45) is 11.3. The molecule has 2 saturated heterocycles. The molecule has 0 saturated carbocycles. The zero-order valence-electron chi connectivity index (χ0n) is 71.0. The standard InChI is InChI=1S/C27H27ClN4O3.C26H25ClN4O3.C23H20ClN3O3.C22H19ClN4O3/c1-35-24-7-5-6-21(27(34)31-25-13-12-20(28)17-30-25)22(24)16-23(33)18-8-10-19(11-9-18)26(29)32-14-3-2-4-15-32;1-34-23-6-4-5-20(26(33)30-24-12-11-19(27)16-29-24)21(23)15-22(32)17-7-9-18(10-8-17)25(28)31-13-2-3-14-31;1-14(25)15-6-8-16(9-7-15)20(28)12-19-18(4-3-5-21(19)30-2)23(29)27-22-11-10-17(24)13-26-22;1-30-19-4-2-3-16(22(29)27-20-10-9-15(23)12-26-20)17(19)11-18(28)13-5-7-14(8-6-13)21(24)25/h5-13,17,29H,2-4,14-16H2,1H3,(H,30,31,34);4-12,16,28H,2-3,13-15H2,1H3,(H,29,30,33);3-11,13,25H,12H2,1-2H3,(H,26,27,29);2-10,12H,11H2,1H3,(H3,24,25)(H,26,27,29). The quantitative estimate of drug-likeness (QED) is 0.0125. The molecule has 10 N–H and O–H groups in total. The number of anilines is 4. The zero-order valence-corrected chi connectivity index (χ0v) is 74.0. The normalized spacial score (nSPS) is 11.8.